The topological polar surface area (TPSA) is 9.23 Å². The number of halogens is 4. The summed E-state index contributed by atoms with van der Waals surface area (Å²) >= 11 is 6.81. The first-order valence-electron chi connectivity index (χ1n) is 5.51. The van der Waals surface area contributed by atoms with Crippen molar-refractivity contribution < 1.29 is 13.5 Å². The fourth-order valence-electron chi connectivity index (χ4n) is 1.54. The zero-order chi connectivity index (χ0) is 13.8. The van der Waals surface area contributed by atoms with Crippen LogP contribution in [-0.4, -0.2) is 0 Å². The SMILES string of the molecule is Fc1ccc(COc2ccc(Br)c(CBr)c2)cc1F. The first kappa shape index (κ1) is 14.5. The molecule has 1 nitrogen and oxygen atoms in total. The Bertz CT molecular complexity index is 588. The van der Waals surface area contributed by atoms with Gasteiger partial charge in [0.15, 0.2) is 11.6 Å². The van der Waals surface area contributed by atoms with Crippen molar-refractivity contribution in [3.05, 3.63) is 63.6 Å². The molecule has 2 aromatic carbocycles. The summed E-state index contributed by atoms with van der Waals surface area (Å²) in [5.41, 5.74) is 1.64. The van der Waals surface area contributed by atoms with E-state index in [9.17, 15) is 8.78 Å². The molecule has 0 aliphatic rings. The molecule has 0 amide bonds. The third kappa shape index (κ3) is 3.76. The quantitative estimate of drug-likeness (QED) is 0.650. The Morgan fingerprint density at radius 3 is 2.47 bits per heavy atom. The van der Waals surface area contributed by atoms with Gasteiger partial charge in [0.1, 0.15) is 12.4 Å². The van der Waals surface area contributed by atoms with Crippen molar-refractivity contribution in [2.24, 2.45) is 0 Å². The highest BCUT2D eigenvalue weighted by molar-refractivity contribution is 9.10. The Hall–Kier alpha value is -0.940. The van der Waals surface area contributed by atoms with E-state index in [2.05, 4.69) is 31.9 Å². The summed E-state index contributed by atoms with van der Waals surface area (Å²) in [5.74, 6) is -1.03. The van der Waals surface area contributed by atoms with Crippen molar-refractivity contribution in [3.63, 3.8) is 0 Å². The van der Waals surface area contributed by atoms with Crippen LogP contribution in [-0.2, 0) is 11.9 Å². The zero-order valence-corrected chi connectivity index (χ0v) is 13.0. The molecular weight excluding hydrogens is 382 g/mol. The maximum absolute atomic E-state index is 13.0. The second-order valence-electron chi connectivity index (χ2n) is 3.92. The lowest BCUT2D eigenvalue weighted by Crippen LogP contribution is -1.97. The van der Waals surface area contributed by atoms with Crippen molar-refractivity contribution in [1.82, 2.24) is 0 Å². The van der Waals surface area contributed by atoms with E-state index in [1.165, 1.54) is 6.07 Å². The van der Waals surface area contributed by atoms with Crippen molar-refractivity contribution in [2.45, 2.75) is 11.9 Å². The molecule has 0 radical (unpaired) electrons. The largest absolute Gasteiger partial charge is 0.489 e. The molecule has 0 N–H and O–H groups in total. The Kier molecular flexibility index (Phi) is 4.93. The Morgan fingerprint density at radius 1 is 1.00 bits per heavy atom. The van der Waals surface area contributed by atoms with Crippen LogP contribution in [0.3, 0.4) is 0 Å². The normalized spacial score (nSPS) is 10.5. The minimum atomic E-state index is -0.863. The molecule has 0 heterocycles. The number of hydrogen-bond acceptors (Lipinski definition) is 1. The van der Waals surface area contributed by atoms with Crippen LogP contribution in [0, 0.1) is 11.6 Å². The fourth-order valence-corrected chi connectivity index (χ4v) is 2.77. The number of benzene rings is 2. The van der Waals surface area contributed by atoms with Crippen molar-refractivity contribution in [1.29, 1.82) is 0 Å². The van der Waals surface area contributed by atoms with Gasteiger partial charge < -0.3 is 4.74 Å². The van der Waals surface area contributed by atoms with Crippen LogP contribution in [0.4, 0.5) is 8.78 Å². The van der Waals surface area contributed by atoms with Crippen molar-refractivity contribution in [3.8, 4) is 5.75 Å². The number of hydrogen-bond donors (Lipinski definition) is 0. The van der Waals surface area contributed by atoms with E-state index in [4.69, 9.17) is 4.74 Å². The average molecular weight is 392 g/mol. The van der Waals surface area contributed by atoms with Gasteiger partial charge in [-0.25, -0.2) is 8.78 Å². The predicted octanol–water partition coefficient (Wildman–Crippen LogP) is 5.20. The molecule has 0 saturated heterocycles. The van der Waals surface area contributed by atoms with E-state index >= 15 is 0 Å². The zero-order valence-electron chi connectivity index (χ0n) is 9.80. The van der Waals surface area contributed by atoms with Gasteiger partial charge in [-0.2, -0.15) is 0 Å². The molecule has 0 aromatic heterocycles. The molecule has 0 aliphatic carbocycles. The molecule has 2 rings (SSSR count). The van der Waals surface area contributed by atoms with E-state index in [1.54, 1.807) is 0 Å². The minimum Gasteiger partial charge on any atom is -0.489 e. The lowest BCUT2D eigenvalue weighted by Gasteiger charge is -2.09. The highest BCUT2D eigenvalue weighted by atomic mass is 79.9. The molecule has 0 fully saturated rings. The molecule has 0 unspecified atom stereocenters. The number of rotatable bonds is 4. The molecule has 0 atom stereocenters. The molecule has 5 heteroatoms. The van der Waals surface area contributed by atoms with E-state index in [1.807, 2.05) is 18.2 Å². The molecule has 0 aliphatic heterocycles. The molecule has 0 saturated carbocycles. The van der Waals surface area contributed by atoms with E-state index < -0.39 is 11.6 Å². The molecular formula is C14H10Br2F2O. The summed E-state index contributed by atoms with van der Waals surface area (Å²) in [6.45, 7) is 0.195. The van der Waals surface area contributed by atoms with Gasteiger partial charge in [-0.05, 0) is 41.5 Å². The van der Waals surface area contributed by atoms with Crippen molar-refractivity contribution >= 4 is 31.9 Å². The van der Waals surface area contributed by atoms with E-state index in [0.717, 1.165) is 22.2 Å². The number of alkyl halides is 1. The first-order valence-corrected chi connectivity index (χ1v) is 7.42. The van der Waals surface area contributed by atoms with Gasteiger partial charge in [0, 0.05) is 9.80 Å². The van der Waals surface area contributed by atoms with Crippen LogP contribution in [0.2, 0.25) is 0 Å². The van der Waals surface area contributed by atoms with Gasteiger partial charge >= 0.3 is 0 Å². The highest BCUT2D eigenvalue weighted by Gasteiger charge is 2.05. The maximum atomic E-state index is 13.0. The smallest absolute Gasteiger partial charge is 0.159 e. The highest BCUT2D eigenvalue weighted by Crippen LogP contribution is 2.25. The molecule has 2 aromatic rings. The molecule has 0 spiro atoms. The minimum absolute atomic E-state index is 0.195. The summed E-state index contributed by atoms with van der Waals surface area (Å²) in [5, 5.41) is 0.704. The summed E-state index contributed by atoms with van der Waals surface area (Å²) < 4.78 is 32.4. The van der Waals surface area contributed by atoms with Crippen LogP contribution < -0.4 is 4.74 Å². The third-order valence-corrected chi connectivity index (χ3v) is 3.93. The van der Waals surface area contributed by atoms with Gasteiger partial charge in [0.2, 0.25) is 0 Å². The summed E-state index contributed by atoms with van der Waals surface area (Å²) in [6, 6.07) is 9.33. The van der Waals surface area contributed by atoms with E-state index in [0.29, 0.717) is 16.6 Å². The Morgan fingerprint density at radius 2 is 1.79 bits per heavy atom. The molecule has 100 valence electrons. The van der Waals surface area contributed by atoms with Gasteiger partial charge in [-0.1, -0.05) is 37.9 Å². The van der Waals surface area contributed by atoms with Gasteiger partial charge in [-0.3, -0.25) is 0 Å². The van der Waals surface area contributed by atoms with Crippen LogP contribution in [0.5, 0.6) is 5.75 Å². The Balaban J connectivity index is 2.07. The lowest BCUT2D eigenvalue weighted by molar-refractivity contribution is 0.305. The fraction of sp³-hybridized carbons (Fsp3) is 0.143. The predicted molar refractivity (Wildman–Crippen MR) is 77.5 cm³/mol. The van der Waals surface area contributed by atoms with E-state index in [-0.39, 0.29) is 6.61 Å². The Labute approximate surface area is 126 Å². The molecule has 0 bridgehead atoms. The van der Waals surface area contributed by atoms with Crippen LogP contribution >= 0.6 is 31.9 Å². The summed E-state index contributed by atoms with van der Waals surface area (Å²) in [7, 11) is 0. The summed E-state index contributed by atoms with van der Waals surface area (Å²) in [4.78, 5) is 0. The lowest BCUT2D eigenvalue weighted by atomic mass is 10.2. The monoisotopic (exact) mass is 390 g/mol. The second-order valence-corrected chi connectivity index (χ2v) is 5.34. The average Bonchev–Trinajstić information content (AvgIpc) is 2.41. The first-order chi connectivity index (χ1) is 9.10. The van der Waals surface area contributed by atoms with Crippen LogP contribution in [0.25, 0.3) is 0 Å². The maximum Gasteiger partial charge on any atom is 0.159 e. The third-order valence-electron chi connectivity index (χ3n) is 2.55. The van der Waals surface area contributed by atoms with Crippen LogP contribution in [0.1, 0.15) is 11.1 Å². The van der Waals surface area contributed by atoms with Gasteiger partial charge in [0.25, 0.3) is 0 Å². The second kappa shape index (κ2) is 6.48. The van der Waals surface area contributed by atoms with Gasteiger partial charge in [-0.15, -0.1) is 0 Å². The van der Waals surface area contributed by atoms with Crippen LogP contribution in [0.15, 0.2) is 40.9 Å². The van der Waals surface area contributed by atoms with Gasteiger partial charge in [0.05, 0.1) is 0 Å². The molecule has 19 heavy (non-hydrogen) atoms. The summed E-state index contributed by atoms with van der Waals surface area (Å²) in [6.07, 6.45) is 0. The number of ether oxygens (including phenoxy) is 1. The standard InChI is InChI=1S/C14H10Br2F2O/c15-7-10-6-11(2-3-12(10)16)19-8-9-1-4-13(17)14(18)5-9/h1-6H,7-8H2. The van der Waals surface area contributed by atoms with Crippen molar-refractivity contribution in [2.75, 3.05) is 0 Å².